The van der Waals surface area contributed by atoms with E-state index in [2.05, 4.69) is 10.6 Å². The van der Waals surface area contributed by atoms with Crippen molar-refractivity contribution in [2.45, 2.75) is 19.3 Å². The van der Waals surface area contributed by atoms with E-state index < -0.39 is 29.4 Å². The molecule has 1 aliphatic carbocycles. The van der Waals surface area contributed by atoms with Crippen LogP contribution < -0.4 is 10.6 Å². The summed E-state index contributed by atoms with van der Waals surface area (Å²) in [6, 6.07) is 9.68. The van der Waals surface area contributed by atoms with Crippen molar-refractivity contribution in [2.75, 3.05) is 10.6 Å². The van der Waals surface area contributed by atoms with Crippen molar-refractivity contribution in [3.8, 4) is 0 Å². The first-order valence-electron chi connectivity index (χ1n) is 8.29. The molecule has 0 radical (unpaired) electrons. The number of benzene rings is 2. The number of carbonyl (C=O) groups excluding carboxylic acids is 1. The molecule has 0 unspecified atom stereocenters. The number of hydrogen-bond acceptors (Lipinski definition) is 3. The quantitative estimate of drug-likeness (QED) is 0.749. The van der Waals surface area contributed by atoms with E-state index in [1.165, 1.54) is 30.3 Å². The fraction of sp³-hybridized carbons (Fsp3) is 0.263. The highest BCUT2D eigenvalue weighted by molar-refractivity contribution is 5.96. The van der Waals surface area contributed by atoms with Crippen molar-refractivity contribution in [1.29, 1.82) is 0 Å². The van der Waals surface area contributed by atoms with Crippen LogP contribution in [0.4, 0.5) is 25.8 Å². The number of hydrogen-bond donors (Lipinski definition) is 3. The highest BCUT2D eigenvalue weighted by Gasteiger charge is 2.34. The molecule has 2 atom stereocenters. The summed E-state index contributed by atoms with van der Waals surface area (Å²) in [6.07, 6.45) is 1.22. The zero-order chi connectivity index (χ0) is 18.7. The molecule has 0 spiro atoms. The molecule has 3 N–H and O–H groups in total. The summed E-state index contributed by atoms with van der Waals surface area (Å²) >= 11 is 0. The van der Waals surface area contributed by atoms with Crippen LogP contribution in [-0.2, 0) is 9.59 Å². The normalized spacial score (nSPS) is 19.2. The minimum Gasteiger partial charge on any atom is -0.481 e. The topological polar surface area (TPSA) is 78.4 Å². The van der Waals surface area contributed by atoms with Gasteiger partial charge in [0.25, 0.3) is 0 Å². The van der Waals surface area contributed by atoms with Gasteiger partial charge in [0, 0.05) is 5.92 Å². The molecule has 1 fully saturated rings. The first-order valence-corrected chi connectivity index (χ1v) is 8.29. The maximum absolute atomic E-state index is 13.8. The van der Waals surface area contributed by atoms with Crippen LogP contribution in [0.25, 0.3) is 0 Å². The maximum Gasteiger partial charge on any atom is 0.306 e. The smallest absolute Gasteiger partial charge is 0.306 e. The van der Waals surface area contributed by atoms with Crippen molar-refractivity contribution in [3.63, 3.8) is 0 Å². The molecule has 136 valence electrons. The van der Waals surface area contributed by atoms with Gasteiger partial charge in [-0.2, -0.15) is 0 Å². The number of carboxylic acid groups (broad SMARTS) is 1. The molecule has 5 nitrogen and oxygen atoms in total. The van der Waals surface area contributed by atoms with Crippen LogP contribution in [0.5, 0.6) is 0 Å². The lowest BCUT2D eigenvalue weighted by molar-refractivity contribution is -0.141. The summed E-state index contributed by atoms with van der Waals surface area (Å²) in [5, 5.41) is 14.5. The number of halogens is 2. The summed E-state index contributed by atoms with van der Waals surface area (Å²) in [5.74, 6) is -3.19. The van der Waals surface area contributed by atoms with Gasteiger partial charge in [-0.05, 0) is 49.6 Å². The van der Waals surface area contributed by atoms with Gasteiger partial charge in [0.2, 0.25) is 5.91 Å². The SMILES string of the molecule is O=C(O)[C@@H]1CC[C@H](C(=O)Nc2ccc(F)cc2Nc2ccccc2F)C1. The van der Waals surface area contributed by atoms with Gasteiger partial charge in [0.05, 0.1) is 23.0 Å². The number of carbonyl (C=O) groups is 2. The molecule has 0 aromatic heterocycles. The predicted octanol–water partition coefficient (Wildman–Crippen LogP) is 4.15. The van der Waals surface area contributed by atoms with Crippen LogP contribution in [0.3, 0.4) is 0 Å². The number of para-hydroxylation sites is 1. The summed E-state index contributed by atoms with van der Waals surface area (Å²) in [5.41, 5.74) is 0.676. The summed E-state index contributed by atoms with van der Waals surface area (Å²) in [6.45, 7) is 0. The molecule has 1 aliphatic rings. The average molecular weight is 360 g/mol. The second-order valence-corrected chi connectivity index (χ2v) is 6.33. The number of rotatable bonds is 5. The Bertz CT molecular complexity index is 841. The zero-order valence-corrected chi connectivity index (χ0v) is 13.8. The van der Waals surface area contributed by atoms with Crippen LogP contribution in [0.15, 0.2) is 42.5 Å². The van der Waals surface area contributed by atoms with E-state index >= 15 is 0 Å². The molecule has 0 bridgehead atoms. The molecule has 1 saturated carbocycles. The van der Waals surface area contributed by atoms with E-state index in [4.69, 9.17) is 5.11 Å². The molecule has 0 aliphatic heterocycles. The van der Waals surface area contributed by atoms with Gasteiger partial charge in [-0.1, -0.05) is 12.1 Å². The molecular formula is C19H18F2N2O3. The van der Waals surface area contributed by atoms with Gasteiger partial charge >= 0.3 is 5.97 Å². The number of amides is 1. The van der Waals surface area contributed by atoms with Gasteiger partial charge in [0.1, 0.15) is 11.6 Å². The van der Waals surface area contributed by atoms with E-state index in [0.717, 1.165) is 6.07 Å². The Balaban J connectivity index is 1.77. The fourth-order valence-corrected chi connectivity index (χ4v) is 3.12. The second-order valence-electron chi connectivity index (χ2n) is 6.33. The average Bonchev–Trinajstić information content (AvgIpc) is 3.10. The number of aliphatic carboxylic acids is 1. The van der Waals surface area contributed by atoms with Gasteiger partial charge < -0.3 is 15.7 Å². The highest BCUT2D eigenvalue weighted by Crippen LogP contribution is 2.33. The molecule has 0 saturated heterocycles. The number of carboxylic acids is 1. The van der Waals surface area contributed by atoms with Crippen LogP contribution >= 0.6 is 0 Å². The fourth-order valence-electron chi connectivity index (χ4n) is 3.12. The van der Waals surface area contributed by atoms with Crippen molar-refractivity contribution < 1.29 is 23.5 Å². The molecular weight excluding hydrogens is 342 g/mol. The van der Waals surface area contributed by atoms with E-state index in [1.54, 1.807) is 6.07 Å². The van der Waals surface area contributed by atoms with Gasteiger partial charge in [-0.15, -0.1) is 0 Å². The van der Waals surface area contributed by atoms with E-state index in [-0.39, 0.29) is 23.7 Å². The first-order chi connectivity index (χ1) is 12.4. The molecule has 26 heavy (non-hydrogen) atoms. The monoisotopic (exact) mass is 360 g/mol. The lowest BCUT2D eigenvalue weighted by Crippen LogP contribution is -2.22. The largest absolute Gasteiger partial charge is 0.481 e. The minimum absolute atomic E-state index is 0.153. The first kappa shape index (κ1) is 17.8. The maximum atomic E-state index is 13.8. The van der Waals surface area contributed by atoms with Crippen molar-refractivity contribution in [1.82, 2.24) is 0 Å². The number of nitrogens with one attached hydrogen (secondary N) is 2. The van der Waals surface area contributed by atoms with Crippen LogP contribution in [0.1, 0.15) is 19.3 Å². The predicted molar refractivity (Wildman–Crippen MR) is 93.2 cm³/mol. The molecule has 0 heterocycles. The molecule has 2 aromatic carbocycles. The molecule has 3 rings (SSSR count). The standard InChI is InChI=1S/C19H18F2N2O3/c20-13-7-8-16(17(10-13)22-15-4-2-1-3-14(15)21)23-18(24)11-5-6-12(9-11)19(25)26/h1-4,7-8,10-12,22H,5-6,9H2,(H,23,24)(H,25,26)/t11-,12+/m0/s1. The highest BCUT2D eigenvalue weighted by atomic mass is 19.1. The third-order valence-corrected chi connectivity index (χ3v) is 4.54. The lowest BCUT2D eigenvalue weighted by atomic mass is 10.0. The van der Waals surface area contributed by atoms with Crippen molar-refractivity contribution in [3.05, 3.63) is 54.1 Å². The van der Waals surface area contributed by atoms with Gasteiger partial charge in [-0.25, -0.2) is 8.78 Å². The van der Waals surface area contributed by atoms with Gasteiger partial charge in [-0.3, -0.25) is 9.59 Å². The third-order valence-electron chi connectivity index (χ3n) is 4.54. The second kappa shape index (κ2) is 7.51. The summed E-state index contributed by atoms with van der Waals surface area (Å²) in [4.78, 5) is 23.5. The Morgan fingerprint density at radius 1 is 0.962 bits per heavy atom. The molecule has 2 aromatic rings. The summed E-state index contributed by atoms with van der Waals surface area (Å²) < 4.78 is 27.5. The zero-order valence-electron chi connectivity index (χ0n) is 13.8. The van der Waals surface area contributed by atoms with Crippen molar-refractivity contribution >= 4 is 28.9 Å². The Hall–Kier alpha value is -2.96. The van der Waals surface area contributed by atoms with Gasteiger partial charge in [0.15, 0.2) is 0 Å². The van der Waals surface area contributed by atoms with Crippen LogP contribution in [0.2, 0.25) is 0 Å². The third kappa shape index (κ3) is 3.99. The molecule has 7 heteroatoms. The minimum atomic E-state index is -0.899. The Morgan fingerprint density at radius 3 is 2.38 bits per heavy atom. The lowest BCUT2D eigenvalue weighted by Gasteiger charge is -2.16. The van der Waals surface area contributed by atoms with E-state index in [0.29, 0.717) is 18.5 Å². The Morgan fingerprint density at radius 2 is 1.69 bits per heavy atom. The summed E-state index contributed by atoms with van der Waals surface area (Å²) in [7, 11) is 0. The molecule has 1 amide bonds. The van der Waals surface area contributed by atoms with Crippen LogP contribution in [-0.4, -0.2) is 17.0 Å². The van der Waals surface area contributed by atoms with Crippen LogP contribution in [0, 0.1) is 23.5 Å². The number of anilines is 3. The van der Waals surface area contributed by atoms with Crippen molar-refractivity contribution in [2.24, 2.45) is 11.8 Å². The van der Waals surface area contributed by atoms with E-state index in [1.807, 2.05) is 0 Å². The van der Waals surface area contributed by atoms with E-state index in [9.17, 15) is 18.4 Å². The Labute approximate surface area is 149 Å². The Kier molecular flexibility index (Phi) is 5.16.